The molecule has 0 spiro atoms. The Balaban J connectivity index is 1.71. The quantitative estimate of drug-likeness (QED) is 0.0625. The maximum Gasteiger partial charge on any atom is 0.329 e. The monoisotopic (exact) mass is 1110 g/mol. The van der Waals surface area contributed by atoms with Gasteiger partial charge in [-0.05, 0) is 115 Å². The molecule has 19 nitrogen and oxygen atoms in total. The fourth-order valence-corrected chi connectivity index (χ4v) is 12.0. The van der Waals surface area contributed by atoms with Crippen LogP contribution in [0.25, 0.3) is 0 Å². The minimum absolute atomic E-state index is 0.00799. The molecule has 4 rings (SSSR count). The van der Waals surface area contributed by atoms with Crippen LogP contribution in [-0.4, -0.2) is 179 Å². The van der Waals surface area contributed by atoms with Crippen LogP contribution in [-0.2, 0) is 67.2 Å². The predicted molar refractivity (Wildman–Crippen MR) is 289 cm³/mol. The SMILES string of the molecule is COCCOCCS(=O)(=O)N[C@@H]1C[C@H]2CC[C@H](C)[C@](O)(O2)C(=O)C(=O)N2CCCCC2C(=O)OC([C@H](C)C[C@@H]2CC[C@@H](OCCCO)[C@H](OC)C2)CC(=O)C(C)/C=C(\C)C(O)C(OC)C(=O)C(C)CC/C=C/C=C/C=C/1C. The van der Waals surface area contributed by atoms with Crippen molar-refractivity contribution in [2.45, 2.75) is 186 Å². The van der Waals surface area contributed by atoms with E-state index in [4.69, 9.17) is 33.2 Å². The number of nitrogens with one attached hydrogen (secondary N) is 1. The number of carbonyl (C=O) groups is 5. The molecule has 4 N–H and O–H groups in total. The highest BCUT2D eigenvalue weighted by molar-refractivity contribution is 7.89. The second kappa shape index (κ2) is 32.6. The van der Waals surface area contributed by atoms with Crippen LogP contribution in [0.3, 0.4) is 0 Å². The molecule has 1 aliphatic carbocycles. The van der Waals surface area contributed by atoms with Gasteiger partial charge < -0.3 is 53.4 Å². The minimum atomic E-state index is -3.95. The molecular formula is C57H92N2O17S. The third-order valence-electron chi connectivity index (χ3n) is 15.9. The second-order valence-electron chi connectivity index (χ2n) is 21.8. The van der Waals surface area contributed by atoms with Crippen molar-refractivity contribution in [3.8, 4) is 0 Å². The Bertz CT molecular complexity index is 2150. The average Bonchev–Trinajstić information content (AvgIpc) is 3.42. The zero-order chi connectivity index (χ0) is 56.9. The van der Waals surface area contributed by atoms with Gasteiger partial charge in [-0.3, -0.25) is 19.2 Å². The summed E-state index contributed by atoms with van der Waals surface area (Å²) in [5.74, 6) is -9.13. The number of piperidine rings is 1. The average molecular weight is 1110 g/mol. The van der Waals surface area contributed by atoms with Gasteiger partial charge in [0.05, 0.1) is 43.9 Å². The number of rotatable bonds is 17. The van der Waals surface area contributed by atoms with E-state index in [1.807, 2.05) is 13.0 Å². The summed E-state index contributed by atoms with van der Waals surface area (Å²) in [6.45, 7) is 11.2. The third-order valence-corrected chi connectivity index (χ3v) is 17.2. The molecule has 0 radical (unpaired) electrons. The summed E-state index contributed by atoms with van der Waals surface area (Å²) < 4.78 is 70.2. The summed E-state index contributed by atoms with van der Waals surface area (Å²) in [5, 5.41) is 33.0. The van der Waals surface area contributed by atoms with E-state index in [0.717, 1.165) is 11.3 Å². The first-order valence-corrected chi connectivity index (χ1v) is 29.5. The van der Waals surface area contributed by atoms with Crippen molar-refractivity contribution in [1.82, 2.24) is 9.62 Å². The summed E-state index contributed by atoms with van der Waals surface area (Å²) in [5.41, 5.74) is 0.946. The number of cyclic esters (lactones) is 1. The van der Waals surface area contributed by atoms with Crippen LogP contribution in [0.15, 0.2) is 47.6 Å². The van der Waals surface area contributed by atoms with Gasteiger partial charge in [0.15, 0.2) is 5.78 Å². The Kier molecular flexibility index (Phi) is 28.0. The molecule has 1 saturated carbocycles. The van der Waals surface area contributed by atoms with E-state index >= 15 is 0 Å². The number of carbonyl (C=O) groups excluding carboxylic acids is 5. The summed E-state index contributed by atoms with van der Waals surface area (Å²) >= 11 is 0. The number of allylic oxidation sites excluding steroid dienone is 6. The van der Waals surface area contributed by atoms with Crippen molar-refractivity contribution in [2.24, 2.45) is 29.6 Å². The molecule has 0 aromatic heterocycles. The molecule has 0 aromatic rings. The maximum absolute atomic E-state index is 14.6. The first-order valence-electron chi connectivity index (χ1n) is 27.8. The Labute approximate surface area is 457 Å². The molecular weight excluding hydrogens is 1020 g/mol. The normalized spacial score (nSPS) is 35.2. The Morgan fingerprint density at radius 1 is 0.870 bits per heavy atom. The van der Waals surface area contributed by atoms with Crippen molar-refractivity contribution < 1.29 is 80.9 Å². The number of hydrogen-bond acceptors (Lipinski definition) is 17. The van der Waals surface area contributed by atoms with Crippen LogP contribution in [0.5, 0.6) is 0 Å². The van der Waals surface area contributed by atoms with E-state index < -0.39 is 87.7 Å². The van der Waals surface area contributed by atoms with Gasteiger partial charge in [0.2, 0.25) is 15.8 Å². The summed E-state index contributed by atoms with van der Waals surface area (Å²) in [6.07, 6.45) is 11.4. The fraction of sp³-hybridized carbons (Fsp3) is 0.772. The molecule has 3 fully saturated rings. The third kappa shape index (κ3) is 19.9. The van der Waals surface area contributed by atoms with Crippen molar-refractivity contribution in [2.75, 3.05) is 66.7 Å². The molecule has 20 heteroatoms. The molecule has 4 aliphatic rings. The van der Waals surface area contributed by atoms with E-state index in [1.54, 1.807) is 72.1 Å². The molecule has 77 heavy (non-hydrogen) atoms. The highest BCUT2D eigenvalue weighted by Crippen LogP contribution is 2.38. The number of hydrogen-bond donors (Lipinski definition) is 4. The zero-order valence-corrected chi connectivity index (χ0v) is 48.0. The predicted octanol–water partition coefficient (Wildman–Crippen LogP) is 5.28. The number of esters is 1. The van der Waals surface area contributed by atoms with Gasteiger partial charge in [-0.15, -0.1) is 0 Å². The smallest absolute Gasteiger partial charge is 0.329 e. The number of sulfonamides is 1. The largest absolute Gasteiger partial charge is 0.460 e. The minimum Gasteiger partial charge on any atom is -0.460 e. The lowest BCUT2D eigenvalue weighted by molar-refractivity contribution is -0.264. The summed E-state index contributed by atoms with van der Waals surface area (Å²) in [7, 11) is 0.542. The number of fused-ring (bicyclic) bond motifs is 3. The van der Waals surface area contributed by atoms with Crippen molar-refractivity contribution in [1.29, 1.82) is 0 Å². The van der Waals surface area contributed by atoms with E-state index in [2.05, 4.69) is 4.72 Å². The molecule has 1 amide bonds. The van der Waals surface area contributed by atoms with E-state index in [1.165, 1.54) is 14.2 Å². The zero-order valence-electron chi connectivity index (χ0n) is 47.2. The van der Waals surface area contributed by atoms with Gasteiger partial charge in [0.1, 0.15) is 30.1 Å². The highest BCUT2D eigenvalue weighted by Gasteiger charge is 2.53. The first-order chi connectivity index (χ1) is 36.6. The number of ether oxygens (including phenoxy) is 7. The topological polar surface area (TPSA) is 260 Å². The molecule has 2 bridgehead atoms. The Morgan fingerprint density at radius 2 is 1.62 bits per heavy atom. The summed E-state index contributed by atoms with van der Waals surface area (Å²) in [6, 6.07) is -2.09. The second-order valence-corrected chi connectivity index (χ2v) is 23.7. The van der Waals surface area contributed by atoms with E-state index in [9.17, 15) is 47.7 Å². The number of aliphatic hydroxyl groups is 3. The first kappa shape index (κ1) is 66.0. The molecule has 438 valence electrons. The summed E-state index contributed by atoms with van der Waals surface area (Å²) in [4.78, 5) is 72.7. The van der Waals surface area contributed by atoms with Crippen LogP contribution in [0.1, 0.15) is 131 Å². The molecule has 3 heterocycles. The standard InChI is InChI=1S/C57H92N2O17S/c1-37-18-13-11-10-12-14-19-38(2)51(62)53(72-9)52(63)41(5)32-39(3)47(61)36-49(40(4)33-43-22-24-48(50(34-43)71-8)74-27-17-26-60)75-56(66)46-20-15-16-25-59(46)55(65)54(64)57(67)42(6)21-23-44(76-57)35-45(37)58-77(68,69)31-30-73-29-28-70-7/h10-13,18,32,38-40,42-46,48-50,52-53,58,60,63,67H,14-17,19-31,33-36H2,1-9H3/b12-10+,13-11+,37-18+,41-32+/t38?,39?,40-,42+,43+,44-,45-,46?,48-,49?,50-,52?,53?,57+/m1/s1. The molecule has 2 saturated heterocycles. The number of Topliss-reactive ketones (excluding diaryl/α,β-unsaturated/α-hetero) is 3. The lowest BCUT2D eigenvalue weighted by Crippen LogP contribution is -2.61. The number of amides is 1. The number of aliphatic hydroxyl groups excluding tert-OH is 2. The van der Waals surface area contributed by atoms with Crippen LogP contribution in [0, 0.1) is 29.6 Å². The van der Waals surface area contributed by atoms with Crippen LogP contribution >= 0.6 is 0 Å². The van der Waals surface area contributed by atoms with E-state index in [-0.39, 0.29) is 93.4 Å². The fourth-order valence-electron chi connectivity index (χ4n) is 10.8. The van der Waals surface area contributed by atoms with Gasteiger partial charge in [0, 0.05) is 71.3 Å². The van der Waals surface area contributed by atoms with Gasteiger partial charge in [-0.25, -0.2) is 17.9 Å². The Morgan fingerprint density at radius 3 is 2.32 bits per heavy atom. The van der Waals surface area contributed by atoms with Crippen LogP contribution < -0.4 is 4.72 Å². The molecule has 3 aliphatic heterocycles. The van der Waals surface area contributed by atoms with Crippen molar-refractivity contribution in [3.63, 3.8) is 0 Å². The lowest BCUT2D eigenvalue weighted by atomic mass is 9.78. The highest BCUT2D eigenvalue weighted by atomic mass is 32.2. The van der Waals surface area contributed by atoms with Gasteiger partial charge in [0.25, 0.3) is 11.7 Å². The van der Waals surface area contributed by atoms with Crippen molar-refractivity contribution >= 4 is 39.2 Å². The van der Waals surface area contributed by atoms with Crippen LogP contribution in [0.2, 0.25) is 0 Å². The number of ketones is 3. The van der Waals surface area contributed by atoms with Gasteiger partial charge in [-0.1, -0.05) is 69.7 Å². The van der Waals surface area contributed by atoms with Crippen LogP contribution in [0.4, 0.5) is 0 Å². The number of nitrogens with zero attached hydrogens (tertiary/aromatic N) is 1. The molecule has 0 aromatic carbocycles. The maximum atomic E-state index is 14.6. The molecule has 6 unspecified atom stereocenters. The number of methoxy groups -OCH3 is 3. The van der Waals surface area contributed by atoms with Crippen molar-refractivity contribution in [3.05, 3.63) is 47.6 Å². The van der Waals surface area contributed by atoms with E-state index in [0.29, 0.717) is 82.1 Å². The molecule has 14 atom stereocenters. The van der Waals surface area contributed by atoms with Gasteiger partial charge >= 0.3 is 5.97 Å². The lowest BCUT2D eigenvalue weighted by Gasteiger charge is -2.43. The Hall–Kier alpha value is -3.54. The van der Waals surface area contributed by atoms with Gasteiger partial charge in [-0.2, -0.15) is 0 Å².